The van der Waals surface area contributed by atoms with Crippen molar-refractivity contribution in [3.8, 4) is 0 Å². The number of amides is 1. The van der Waals surface area contributed by atoms with Crippen LogP contribution in [0.3, 0.4) is 0 Å². The first-order chi connectivity index (χ1) is 10.6. The van der Waals surface area contributed by atoms with Crippen LogP contribution in [-0.4, -0.2) is 85.6 Å². The van der Waals surface area contributed by atoms with Gasteiger partial charge in [-0.2, -0.15) is 0 Å². The summed E-state index contributed by atoms with van der Waals surface area (Å²) in [4.78, 5) is 27.2. The van der Waals surface area contributed by atoms with Crippen LogP contribution in [0.4, 0.5) is 5.95 Å². The van der Waals surface area contributed by atoms with E-state index in [-0.39, 0.29) is 5.91 Å². The molecule has 122 valence electrons. The molecule has 22 heavy (non-hydrogen) atoms. The molecule has 1 aromatic rings. The van der Waals surface area contributed by atoms with E-state index in [1.807, 2.05) is 19.0 Å². The molecule has 1 N–H and O–H groups in total. The van der Waals surface area contributed by atoms with Crippen LogP contribution >= 0.6 is 0 Å². The zero-order valence-electron chi connectivity index (χ0n) is 13.7. The molecule has 7 nitrogen and oxygen atoms in total. The highest BCUT2D eigenvalue weighted by Gasteiger charge is 2.18. The van der Waals surface area contributed by atoms with Gasteiger partial charge in [0, 0.05) is 51.7 Å². The number of carbonyl (C=O) groups is 1. The maximum absolute atomic E-state index is 12.0. The molecule has 0 aliphatic carbocycles. The van der Waals surface area contributed by atoms with Crippen LogP contribution in [-0.2, 0) is 0 Å². The van der Waals surface area contributed by atoms with Crippen LogP contribution in [0.1, 0.15) is 17.3 Å². The van der Waals surface area contributed by atoms with E-state index in [4.69, 9.17) is 0 Å². The van der Waals surface area contributed by atoms with Crippen molar-refractivity contribution in [3.05, 3.63) is 18.0 Å². The summed E-state index contributed by atoms with van der Waals surface area (Å²) in [6.45, 7) is 8.62. The molecule has 1 aliphatic rings. The van der Waals surface area contributed by atoms with Gasteiger partial charge in [-0.05, 0) is 20.6 Å². The molecule has 1 fully saturated rings. The molecule has 0 saturated carbocycles. The molecule has 0 atom stereocenters. The third kappa shape index (κ3) is 4.64. The number of nitrogens with one attached hydrogen (secondary N) is 1. The summed E-state index contributed by atoms with van der Waals surface area (Å²) in [5, 5.41) is 2.86. The second-order valence-corrected chi connectivity index (χ2v) is 5.75. The standard InChI is InChI=1S/C15H26N6O/c1-4-20-7-9-21(10-8-20)15-17-11-13(12-18-15)14(22)16-5-6-19(2)3/h11-12H,4-10H2,1-3H3,(H,16,22). The van der Waals surface area contributed by atoms with Gasteiger partial charge in [0.2, 0.25) is 5.95 Å². The van der Waals surface area contributed by atoms with E-state index in [1.165, 1.54) is 0 Å². The fraction of sp³-hybridized carbons (Fsp3) is 0.667. The van der Waals surface area contributed by atoms with Gasteiger partial charge in [-0.15, -0.1) is 0 Å². The Morgan fingerprint density at radius 3 is 2.41 bits per heavy atom. The number of nitrogens with zero attached hydrogens (tertiary/aromatic N) is 5. The summed E-state index contributed by atoms with van der Waals surface area (Å²) >= 11 is 0. The summed E-state index contributed by atoms with van der Waals surface area (Å²) in [6, 6.07) is 0. The smallest absolute Gasteiger partial charge is 0.254 e. The Morgan fingerprint density at radius 2 is 1.86 bits per heavy atom. The minimum atomic E-state index is -0.121. The highest BCUT2D eigenvalue weighted by molar-refractivity contribution is 5.93. The van der Waals surface area contributed by atoms with Crippen LogP contribution in [0.5, 0.6) is 0 Å². The first kappa shape index (κ1) is 16.6. The zero-order chi connectivity index (χ0) is 15.9. The van der Waals surface area contributed by atoms with E-state index in [0.717, 1.165) is 39.3 Å². The van der Waals surface area contributed by atoms with Crippen molar-refractivity contribution in [2.75, 3.05) is 64.8 Å². The second kappa shape index (κ2) is 8.05. The number of aromatic nitrogens is 2. The van der Waals surface area contributed by atoms with E-state index in [9.17, 15) is 4.79 Å². The number of carbonyl (C=O) groups excluding carboxylic acids is 1. The van der Waals surface area contributed by atoms with Gasteiger partial charge in [-0.3, -0.25) is 4.79 Å². The van der Waals surface area contributed by atoms with Crippen LogP contribution < -0.4 is 10.2 Å². The molecule has 1 amide bonds. The number of likely N-dealkylation sites (N-methyl/N-ethyl adjacent to an activating group) is 2. The molecule has 1 aromatic heterocycles. The molecular formula is C15H26N6O. The predicted octanol–water partition coefficient (Wildman–Crippen LogP) is -0.0901. The SMILES string of the molecule is CCN1CCN(c2ncc(C(=O)NCCN(C)C)cn2)CC1. The Kier molecular flexibility index (Phi) is 6.09. The lowest BCUT2D eigenvalue weighted by Gasteiger charge is -2.33. The highest BCUT2D eigenvalue weighted by Crippen LogP contribution is 2.10. The fourth-order valence-electron chi connectivity index (χ4n) is 2.36. The molecule has 2 heterocycles. The summed E-state index contributed by atoms with van der Waals surface area (Å²) in [6.07, 6.45) is 3.22. The van der Waals surface area contributed by atoms with Gasteiger partial charge in [0.05, 0.1) is 5.56 Å². The number of anilines is 1. The monoisotopic (exact) mass is 306 g/mol. The Morgan fingerprint density at radius 1 is 1.23 bits per heavy atom. The van der Waals surface area contributed by atoms with E-state index in [1.54, 1.807) is 12.4 Å². The normalized spacial score (nSPS) is 16.1. The third-order valence-electron chi connectivity index (χ3n) is 3.85. The number of hydrogen-bond acceptors (Lipinski definition) is 6. The topological polar surface area (TPSA) is 64.6 Å². The average Bonchev–Trinajstić information content (AvgIpc) is 2.54. The van der Waals surface area contributed by atoms with Crippen molar-refractivity contribution >= 4 is 11.9 Å². The Labute approximate surface area is 132 Å². The Balaban J connectivity index is 1.86. The van der Waals surface area contributed by atoms with Crippen molar-refractivity contribution in [3.63, 3.8) is 0 Å². The molecule has 0 bridgehead atoms. The van der Waals surface area contributed by atoms with Crippen molar-refractivity contribution in [1.29, 1.82) is 0 Å². The average molecular weight is 306 g/mol. The summed E-state index contributed by atoms with van der Waals surface area (Å²) < 4.78 is 0. The van der Waals surface area contributed by atoms with Gasteiger partial charge in [0.25, 0.3) is 5.91 Å². The highest BCUT2D eigenvalue weighted by atomic mass is 16.1. The van der Waals surface area contributed by atoms with Gasteiger partial charge in [-0.1, -0.05) is 6.92 Å². The van der Waals surface area contributed by atoms with Crippen molar-refractivity contribution in [2.24, 2.45) is 0 Å². The maximum atomic E-state index is 12.0. The minimum absolute atomic E-state index is 0.121. The molecule has 1 aliphatic heterocycles. The van der Waals surface area contributed by atoms with Crippen molar-refractivity contribution in [1.82, 2.24) is 25.1 Å². The molecule has 2 rings (SSSR count). The van der Waals surface area contributed by atoms with E-state index < -0.39 is 0 Å². The first-order valence-electron chi connectivity index (χ1n) is 7.82. The molecule has 0 aromatic carbocycles. The Bertz CT molecular complexity index is 467. The molecule has 1 saturated heterocycles. The molecule has 0 radical (unpaired) electrons. The van der Waals surface area contributed by atoms with Crippen LogP contribution in [0.25, 0.3) is 0 Å². The van der Waals surface area contributed by atoms with E-state index in [0.29, 0.717) is 18.1 Å². The number of piperazine rings is 1. The fourth-order valence-corrected chi connectivity index (χ4v) is 2.36. The van der Waals surface area contributed by atoms with Crippen molar-refractivity contribution in [2.45, 2.75) is 6.92 Å². The quantitative estimate of drug-likeness (QED) is 0.792. The maximum Gasteiger partial charge on any atom is 0.254 e. The molecule has 0 unspecified atom stereocenters. The van der Waals surface area contributed by atoms with Crippen molar-refractivity contribution < 1.29 is 4.79 Å². The minimum Gasteiger partial charge on any atom is -0.351 e. The summed E-state index contributed by atoms with van der Waals surface area (Å²) in [5.41, 5.74) is 0.509. The summed E-state index contributed by atoms with van der Waals surface area (Å²) in [7, 11) is 3.95. The number of hydrogen-bond donors (Lipinski definition) is 1. The van der Waals surface area contributed by atoms with Crippen LogP contribution in [0.2, 0.25) is 0 Å². The van der Waals surface area contributed by atoms with Gasteiger partial charge < -0.3 is 20.0 Å². The third-order valence-corrected chi connectivity index (χ3v) is 3.85. The van der Waals surface area contributed by atoms with E-state index in [2.05, 4.69) is 32.0 Å². The second-order valence-electron chi connectivity index (χ2n) is 5.75. The lowest BCUT2D eigenvalue weighted by atomic mass is 10.3. The molecule has 0 spiro atoms. The predicted molar refractivity (Wildman–Crippen MR) is 87.2 cm³/mol. The number of rotatable bonds is 6. The van der Waals surface area contributed by atoms with Crippen LogP contribution in [0.15, 0.2) is 12.4 Å². The van der Waals surface area contributed by atoms with E-state index >= 15 is 0 Å². The van der Waals surface area contributed by atoms with Gasteiger partial charge in [0.15, 0.2) is 0 Å². The first-order valence-corrected chi connectivity index (χ1v) is 7.82. The molecule has 7 heteroatoms. The lowest BCUT2D eigenvalue weighted by molar-refractivity contribution is 0.0950. The van der Waals surface area contributed by atoms with Crippen LogP contribution in [0, 0.1) is 0 Å². The lowest BCUT2D eigenvalue weighted by Crippen LogP contribution is -2.46. The van der Waals surface area contributed by atoms with Gasteiger partial charge in [0.1, 0.15) is 0 Å². The largest absolute Gasteiger partial charge is 0.351 e. The zero-order valence-corrected chi connectivity index (χ0v) is 13.7. The summed E-state index contributed by atoms with van der Waals surface area (Å²) in [5.74, 6) is 0.588. The van der Waals surface area contributed by atoms with Gasteiger partial charge in [-0.25, -0.2) is 9.97 Å². The van der Waals surface area contributed by atoms with Gasteiger partial charge >= 0.3 is 0 Å². The Hall–Kier alpha value is -1.73. The molecular weight excluding hydrogens is 280 g/mol.